The zero-order valence-corrected chi connectivity index (χ0v) is 9.83. The minimum Gasteiger partial charge on any atom is -0.508 e. The fraction of sp³-hybridized carbons (Fsp3) is 0.400. The van der Waals surface area contributed by atoms with E-state index in [0.29, 0.717) is 13.2 Å². The number of hydrogen-bond donors (Lipinski definition) is 2. The van der Waals surface area contributed by atoms with Crippen LogP contribution < -0.4 is 4.72 Å². The van der Waals surface area contributed by atoms with Crippen LogP contribution in [0.1, 0.15) is 6.92 Å². The van der Waals surface area contributed by atoms with Crippen molar-refractivity contribution >= 4 is 10.0 Å². The summed E-state index contributed by atoms with van der Waals surface area (Å²) in [6.45, 7) is 2.97. The summed E-state index contributed by atoms with van der Waals surface area (Å²) in [4.78, 5) is 0.127. The number of rotatable bonds is 6. The number of nitrogens with one attached hydrogen (secondary N) is 1. The maximum Gasteiger partial charge on any atom is 0.240 e. The number of aromatic hydroxyl groups is 1. The van der Waals surface area contributed by atoms with E-state index in [2.05, 4.69) is 4.72 Å². The Kier molecular flexibility index (Phi) is 4.72. The molecule has 6 heteroatoms. The summed E-state index contributed by atoms with van der Waals surface area (Å²) >= 11 is 0. The van der Waals surface area contributed by atoms with Gasteiger partial charge >= 0.3 is 0 Å². The summed E-state index contributed by atoms with van der Waals surface area (Å²) in [6.07, 6.45) is 0. The van der Waals surface area contributed by atoms with Crippen LogP contribution in [0.15, 0.2) is 29.2 Å². The van der Waals surface area contributed by atoms with E-state index in [1.165, 1.54) is 24.3 Å². The van der Waals surface area contributed by atoms with E-state index in [1.54, 1.807) is 0 Å². The molecule has 1 aromatic rings. The lowest BCUT2D eigenvalue weighted by Gasteiger charge is -2.06. The Morgan fingerprint density at radius 3 is 2.50 bits per heavy atom. The molecule has 0 fully saturated rings. The molecule has 1 aromatic carbocycles. The van der Waals surface area contributed by atoms with Crippen LogP contribution in [-0.2, 0) is 14.8 Å². The number of hydrogen-bond acceptors (Lipinski definition) is 4. The van der Waals surface area contributed by atoms with Gasteiger partial charge in [-0.25, -0.2) is 13.1 Å². The molecule has 16 heavy (non-hydrogen) atoms. The highest BCUT2D eigenvalue weighted by Crippen LogP contribution is 2.13. The summed E-state index contributed by atoms with van der Waals surface area (Å²) in [5, 5.41) is 9.03. The Morgan fingerprint density at radius 1 is 1.31 bits per heavy atom. The quantitative estimate of drug-likeness (QED) is 0.724. The first kappa shape index (κ1) is 13.0. The largest absolute Gasteiger partial charge is 0.508 e. The number of phenolic OH excluding ortho intramolecular Hbond substituents is 1. The normalized spacial score (nSPS) is 11.6. The Balaban J connectivity index is 2.60. The molecule has 90 valence electrons. The minimum atomic E-state index is -3.50. The van der Waals surface area contributed by atoms with Crippen molar-refractivity contribution in [1.82, 2.24) is 4.72 Å². The third-order valence-corrected chi connectivity index (χ3v) is 3.37. The molecule has 0 saturated heterocycles. The van der Waals surface area contributed by atoms with Gasteiger partial charge in [0.05, 0.1) is 11.5 Å². The van der Waals surface area contributed by atoms with Crippen molar-refractivity contribution in [2.75, 3.05) is 19.8 Å². The molecule has 0 bridgehead atoms. The van der Waals surface area contributed by atoms with Gasteiger partial charge in [-0.3, -0.25) is 0 Å². The monoisotopic (exact) mass is 245 g/mol. The number of phenols is 1. The first-order valence-corrected chi connectivity index (χ1v) is 6.41. The highest BCUT2D eigenvalue weighted by molar-refractivity contribution is 7.89. The Morgan fingerprint density at radius 2 is 1.94 bits per heavy atom. The van der Waals surface area contributed by atoms with E-state index in [1.807, 2.05) is 6.92 Å². The molecule has 0 atom stereocenters. The predicted octanol–water partition coefficient (Wildman–Crippen LogP) is 0.707. The molecule has 0 aliphatic heterocycles. The zero-order valence-electron chi connectivity index (χ0n) is 9.01. The van der Waals surface area contributed by atoms with Crippen LogP contribution in [0.4, 0.5) is 0 Å². The molecule has 1 rings (SSSR count). The van der Waals surface area contributed by atoms with Crippen LogP contribution in [0.2, 0.25) is 0 Å². The van der Waals surface area contributed by atoms with Gasteiger partial charge in [0, 0.05) is 13.2 Å². The summed E-state index contributed by atoms with van der Waals surface area (Å²) in [6, 6.07) is 5.35. The maximum absolute atomic E-state index is 11.7. The fourth-order valence-electron chi connectivity index (χ4n) is 1.10. The molecule has 0 radical (unpaired) electrons. The van der Waals surface area contributed by atoms with Gasteiger partial charge in [-0.2, -0.15) is 0 Å². The van der Waals surface area contributed by atoms with E-state index >= 15 is 0 Å². The zero-order chi connectivity index (χ0) is 12.0. The third-order valence-electron chi connectivity index (χ3n) is 1.89. The van der Waals surface area contributed by atoms with Crippen LogP contribution in [0.3, 0.4) is 0 Å². The number of benzene rings is 1. The first-order valence-electron chi connectivity index (χ1n) is 4.92. The molecule has 0 amide bonds. The Bertz CT molecular complexity index is 413. The average molecular weight is 245 g/mol. The van der Waals surface area contributed by atoms with E-state index in [4.69, 9.17) is 9.84 Å². The molecule has 0 unspecified atom stereocenters. The average Bonchev–Trinajstić information content (AvgIpc) is 2.25. The molecule has 2 N–H and O–H groups in total. The van der Waals surface area contributed by atoms with Crippen molar-refractivity contribution in [3.63, 3.8) is 0 Å². The second-order valence-corrected chi connectivity index (χ2v) is 4.86. The molecule has 0 spiro atoms. The lowest BCUT2D eigenvalue weighted by atomic mass is 10.3. The summed E-state index contributed by atoms with van der Waals surface area (Å²) in [5.41, 5.74) is 0. The van der Waals surface area contributed by atoms with E-state index in [0.717, 1.165) is 0 Å². The van der Waals surface area contributed by atoms with Gasteiger partial charge in [0.1, 0.15) is 5.75 Å². The van der Waals surface area contributed by atoms with E-state index in [-0.39, 0.29) is 17.2 Å². The van der Waals surface area contributed by atoms with Crippen LogP contribution in [0.5, 0.6) is 5.75 Å². The van der Waals surface area contributed by atoms with E-state index in [9.17, 15) is 8.42 Å². The van der Waals surface area contributed by atoms with Crippen molar-refractivity contribution in [2.24, 2.45) is 0 Å². The van der Waals surface area contributed by atoms with Gasteiger partial charge < -0.3 is 9.84 Å². The lowest BCUT2D eigenvalue weighted by molar-refractivity contribution is 0.153. The topological polar surface area (TPSA) is 75.6 Å². The minimum absolute atomic E-state index is 0.0354. The maximum atomic E-state index is 11.7. The molecular formula is C10H15NO4S. The van der Waals surface area contributed by atoms with Crippen molar-refractivity contribution in [2.45, 2.75) is 11.8 Å². The highest BCUT2D eigenvalue weighted by Gasteiger charge is 2.12. The third kappa shape index (κ3) is 3.80. The summed E-state index contributed by atoms with van der Waals surface area (Å²) in [5.74, 6) is 0.0354. The fourth-order valence-corrected chi connectivity index (χ4v) is 2.11. The van der Waals surface area contributed by atoms with Crippen molar-refractivity contribution in [1.29, 1.82) is 0 Å². The second-order valence-electron chi connectivity index (χ2n) is 3.09. The van der Waals surface area contributed by atoms with Gasteiger partial charge in [0.15, 0.2) is 0 Å². The lowest BCUT2D eigenvalue weighted by Crippen LogP contribution is -2.27. The first-order chi connectivity index (χ1) is 7.56. The molecule has 0 aliphatic carbocycles. The van der Waals surface area contributed by atoms with E-state index < -0.39 is 10.0 Å². The number of sulfonamides is 1. The standard InChI is InChI=1S/C10H15NO4S/c1-2-15-8-7-11-16(13,14)10-5-3-9(12)4-6-10/h3-6,11-12H,2,7-8H2,1H3. The Labute approximate surface area is 95.1 Å². The van der Waals surface area contributed by atoms with Crippen molar-refractivity contribution < 1.29 is 18.3 Å². The SMILES string of the molecule is CCOCCNS(=O)(=O)c1ccc(O)cc1. The molecule has 0 aromatic heterocycles. The van der Waals surface area contributed by atoms with Crippen LogP contribution in [0, 0.1) is 0 Å². The van der Waals surface area contributed by atoms with Crippen molar-refractivity contribution in [3.05, 3.63) is 24.3 Å². The summed E-state index contributed by atoms with van der Waals surface area (Å²) < 4.78 is 30.7. The van der Waals surface area contributed by atoms with Gasteiger partial charge in [-0.05, 0) is 31.2 Å². The molecular weight excluding hydrogens is 230 g/mol. The van der Waals surface area contributed by atoms with Gasteiger partial charge in [-0.15, -0.1) is 0 Å². The summed E-state index contributed by atoms with van der Waals surface area (Å²) in [7, 11) is -3.50. The predicted molar refractivity (Wildman–Crippen MR) is 59.8 cm³/mol. The molecule has 0 aliphatic rings. The van der Waals surface area contributed by atoms with Crippen LogP contribution in [0.25, 0.3) is 0 Å². The second kappa shape index (κ2) is 5.83. The van der Waals surface area contributed by atoms with Gasteiger partial charge in [-0.1, -0.05) is 0 Å². The number of ether oxygens (including phenoxy) is 1. The molecule has 0 heterocycles. The van der Waals surface area contributed by atoms with Gasteiger partial charge in [0.25, 0.3) is 0 Å². The molecule has 5 nitrogen and oxygen atoms in total. The van der Waals surface area contributed by atoms with Crippen LogP contribution >= 0.6 is 0 Å². The molecule has 0 saturated carbocycles. The van der Waals surface area contributed by atoms with Gasteiger partial charge in [0.2, 0.25) is 10.0 Å². The van der Waals surface area contributed by atoms with Crippen LogP contribution in [-0.4, -0.2) is 33.3 Å². The highest BCUT2D eigenvalue weighted by atomic mass is 32.2. The Hall–Kier alpha value is -1.11. The smallest absolute Gasteiger partial charge is 0.240 e. The van der Waals surface area contributed by atoms with Crippen molar-refractivity contribution in [3.8, 4) is 5.75 Å².